The molecular weight excluding hydrogens is 240 g/mol. The minimum Gasteiger partial charge on any atom is -0.481 e. The van der Waals surface area contributed by atoms with Crippen molar-refractivity contribution >= 4 is 5.97 Å². The Bertz CT molecular complexity index is 388. The normalized spacial score (nSPS) is 15.7. The van der Waals surface area contributed by atoms with Crippen molar-refractivity contribution < 1.29 is 15.0 Å². The maximum atomic E-state index is 10.9. The Balaban J connectivity index is 2.86. The van der Waals surface area contributed by atoms with Crippen LogP contribution in [0.15, 0.2) is 30.3 Å². The van der Waals surface area contributed by atoms with Gasteiger partial charge in [-0.3, -0.25) is 4.79 Å². The standard InChI is InChI=1S/C16H24O3/c1-3-8-13(11-15(17)18)12-16(19,4-2)14-9-6-5-7-10-14/h5-7,9-10,13,19H,3-4,8,11-12H2,1-2H3,(H,17,18). The van der Waals surface area contributed by atoms with E-state index in [9.17, 15) is 9.90 Å². The Kier molecular flexibility index (Phi) is 6.03. The van der Waals surface area contributed by atoms with Gasteiger partial charge in [-0.15, -0.1) is 0 Å². The van der Waals surface area contributed by atoms with Crippen LogP contribution in [-0.4, -0.2) is 16.2 Å². The summed E-state index contributed by atoms with van der Waals surface area (Å²) in [6, 6.07) is 9.55. The zero-order valence-electron chi connectivity index (χ0n) is 11.8. The van der Waals surface area contributed by atoms with Gasteiger partial charge < -0.3 is 10.2 Å². The summed E-state index contributed by atoms with van der Waals surface area (Å²) in [7, 11) is 0. The molecule has 0 aromatic heterocycles. The third-order valence-electron chi connectivity index (χ3n) is 3.68. The molecule has 0 aliphatic carbocycles. The first-order chi connectivity index (χ1) is 9.01. The molecule has 0 heterocycles. The summed E-state index contributed by atoms with van der Waals surface area (Å²) in [6.45, 7) is 3.99. The van der Waals surface area contributed by atoms with E-state index >= 15 is 0 Å². The van der Waals surface area contributed by atoms with Crippen molar-refractivity contribution in [2.45, 2.75) is 51.6 Å². The molecule has 2 N–H and O–H groups in total. The van der Waals surface area contributed by atoms with Crippen LogP contribution in [0.1, 0.15) is 51.5 Å². The number of carboxylic acids is 1. The van der Waals surface area contributed by atoms with Crippen molar-refractivity contribution in [1.29, 1.82) is 0 Å². The van der Waals surface area contributed by atoms with Crippen LogP contribution in [0.4, 0.5) is 0 Å². The average Bonchev–Trinajstić information content (AvgIpc) is 2.39. The molecule has 0 aliphatic heterocycles. The number of hydrogen-bond acceptors (Lipinski definition) is 2. The summed E-state index contributed by atoms with van der Waals surface area (Å²) >= 11 is 0. The number of benzene rings is 1. The van der Waals surface area contributed by atoms with Crippen LogP contribution in [0.5, 0.6) is 0 Å². The zero-order chi connectivity index (χ0) is 14.3. The fraction of sp³-hybridized carbons (Fsp3) is 0.562. The third kappa shape index (κ3) is 4.67. The summed E-state index contributed by atoms with van der Waals surface area (Å²) < 4.78 is 0. The van der Waals surface area contributed by atoms with Gasteiger partial charge >= 0.3 is 5.97 Å². The molecule has 0 aliphatic rings. The van der Waals surface area contributed by atoms with Crippen LogP contribution < -0.4 is 0 Å². The van der Waals surface area contributed by atoms with Crippen molar-refractivity contribution in [3.63, 3.8) is 0 Å². The Morgan fingerprint density at radius 3 is 2.37 bits per heavy atom. The van der Waals surface area contributed by atoms with Crippen LogP contribution in [0.3, 0.4) is 0 Å². The van der Waals surface area contributed by atoms with Crippen molar-refractivity contribution in [2.75, 3.05) is 0 Å². The van der Waals surface area contributed by atoms with Gasteiger partial charge in [-0.25, -0.2) is 0 Å². The van der Waals surface area contributed by atoms with Crippen LogP contribution in [-0.2, 0) is 10.4 Å². The second-order valence-electron chi connectivity index (χ2n) is 5.21. The number of rotatable bonds is 8. The minimum atomic E-state index is -0.920. The van der Waals surface area contributed by atoms with E-state index in [0.29, 0.717) is 12.8 Å². The van der Waals surface area contributed by atoms with Crippen molar-refractivity contribution in [3.8, 4) is 0 Å². The smallest absolute Gasteiger partial charge is 0.303 e. The van der Waals surface area contributed by atoms with Crippen molar-refractivity contribution in [2.24, 2.45) is 5.92 Å². The van der Waals surface area contributed by atoms with Gasteiger partial charge in [-0.05, 0) is 24.3 Å². The molecule has 3 heteroatoms. The fourth-order valence-electron chi connectivity index (χ4n) is 2.62. The van der Waals surface area contributed by atoms with Gasteiger partial charge in [-0.2, -0.15) is 0 Å². The lowest BCUT2D eigenvalue weighted by atomic mass is 9.80. The Morgan fingerprint density at radius 1 is 1.26 bits per heavy atom. The first kappa shape index (κ1) is 15.7. The minimum absolute atomic E-state index is 0.0210. The molecule has 106 valence electrons. The Labute approximate surface area is 115 Å². The Hall–Kier alpha value is -1.35. The van der Waals surface area contributed by atoms with E-state index in [1.807, 2.05) is 44.2 Å². The van der Waals surface area contributed by atoms with E-state index in [0.717, 1.165) is 18.4 Å². The lowest BCUT2D eigenvalue weighted by Crippen LogP contribution is -2.29. The number of aliphatic carboxylic acids is 1. The first-order valence-corrected chi connectivity index (χ1v) is 7.01. The lowest BCUT2D eigenvalue weighted by molar-refractivity contribution is -0.138. The predicted octanol–water partition coefficient (Wildman–Crippen LogP) is 3.57. The summed E-state index contributed by atoms with van der Waals surface area (Å²) in [4.78, 5) is 10.9. The second-order valence-corrected chi connectivity index (χ2v) is 5.21. The topological polar surface area (TPSA) is 57.5 Å². The highest BCUT2D eigenvalue weighted by Crippen LogP contribution is 2.34. The largest absolute Gasteiger partial charge is 0.481 e. The SMILES string of the molecule is CCCC(CC(=O)O)CC(O)(CC)c1ccccc1. The fourth-order valence-corrected chi connectivity index (χ4v) is 2.62. The van der Waals surface area contributed by atoms with E-state index in [-0.39, 0.29) is 12.3 Å². The molecule has 0 fully saturated rings. The van der Waals surface area contributed by atoms with E-state index in [4.69, 9.17) is 5.11 Å². The highest BCUT2D eigenvalue weighted by atomic mass is 16.4. The first-order valence-electron chi connectivity index (χ1n) is 7.01. The van der Waals surface area contributed by atoms with E-state index in [1.54, 1.807) is 0 Å². The highest BCUT2D eigenvalue weighted by molar-refractivity contribution is 5.67. The molecule has 0 amide bonds. The molecule has 1 rings (SSSR count). The molecule has 3 nitrogen and oxygen atoms in total. The molecule has 1 aromatic rings. The average molecular weight is 264 g/mol. The lowest BCUT2D eigenvalue weighted by Gasteiger charge is -2.31. The van der Waals surface area contributed by atoms with Crippen LogP contribution >= 0.6 is 0 Å². The van der Waals surface area contributed by atoms with Crippen LogP contribution in [0, 0.1) is 5.92 Å². The van der Waals surface area contributed by atoms with Crippen molar-refractivity contribution in [1.82, 2.24) is 0 Å². The maximum absolute atomic E-state index is 10.9. The van der Waals surface area contributed by atoms with Gasteiger partial charge in [-0.1, -0.05) is 57.0 Å². The summed E-state index contributed by atoms with van der Waals surface area (Å²) in [5, 5.41) is 19.8. The third-order valence-corrected chi connectivity index (χ3v) is 3.68. The Morgan fingerprint density at radius 2 is 1.89 bits per heavy atom. The molecule has 0 radical (unpaired) electrons. The van der Waals surface area contributed by atoms with Gasteiger partial charge in [0.2, 0.25) is 0 Å². The molecule has 1 aromatic carbocycles. The molecule has 0 bridgehead atoms. The quantitative estimate of drug-likeness (QED) is 0.754. The number of carboxylic acid groups (broad SMARTS) is 1. The van der Waals surface area contributed by atoms with E-state index in [2.05, 4.69) is 0 Å². The summed E-state index contributed by atoms with van der Waals surface area (Å²) in [5.41, 5.74) is -0.0414. The van der Waals surface area contributed by atoms with E-state index < -0.39 is 11.6 Å². The van der Waals surface area contributed by atoms with Crippen molar-refractivity contribution in [3.05, 3.63) is 35.9 Å². The van der Waals surface area contributed by atoms with Gasteiger partial charge in [0.05, 0.1) is 5.60 Å². The molecule has 0 spiro atoms. The van der Waals surface area contributed by atoms with E-state index in [1.165, 1.54) is 0 Å². The molecular formula is C16H24O3. The van der Waals surface area contributed by atoms with Gasteiger partial charge in [0.1, 0.15) is 0 Å². The second kappa shape index (κ2) is 7.29. The van der Waals surface area contributed by atoms with Crippen LogP contribution in [0.25, 0.3) is 0 Å². The van der Waals surface area contributed by atoms with Gasteiger partial charge in [0, 0.05) is 6.42 Å². The highest BCUT2D eigenvalue weighted by Gasteiger charge is 2.31. The molecule has 0 saturated carbocycles. The number of aliphatic hydroxyl groups is 1. The van der Waals surface area contributed by atoms with Gasteiger partial charge in [0.15, 0.2) is 0 Å². The molecule has 0 saturated heterocycles. The molecule has 19 heavy (non-hydrogen) atoms. The molecule has 2 unspecified atom stereocenters. The molecule has 2 atom stereocenters. The summed E-state index contributed by atoms with van der Waals surface area (Å²) in [5.74, 6) is -0.766. The number of hydrogen-bond donors (Lipinski definition) is 2. The monoisotopic (exact) mass is 264 g/mol. The van der Waals surface area contributed by atoms with Crippen LogP contribution in [0.2, 0.25) is 0 Å². The summed E-state index contributed by atoms with van der Waals surface area (Å²) in [6.07, 6.45) is 3.00. The van der Waals surface area contributed by atoms with Gasteiger partial charge in [0.25, 0.3) is 0 Å². The maximum Gasteiger partial charge on any atom is 0.303 e. The number of carbonyl (C=O) groups is 1. The zero-order valence-corrected chi connectivity index (χ0v) is 11.8. The predicted molar refractivity (Wildman–Crippen MR) is 75.9 cm³/mol.